The van der Waals surface area contributed by atoms with Gasteiger partial charge >= 0.3 is 0 Å². The molecular weight excluding hydrogens is 270 g/mol. The van der Waals surface area contributed by atoms with Gasteiger partial charge in [-0.1, -0.05) is 0 Å². The van der Waals surface area contributed by atoms with Crippen LogP contribution in [0.25, 0.3) is 0 Å². The topological polar surface area (TPSA) is 69.4 Å². The van der Waals surface area contributed by atoms with Crippen molar-refractivity contribution in [2.24, 2.45) is 0 Å². The van der Waals surface area contributed by atoms with Crippen LogP contribution in [0.2, 0.25) is 0 Å². The Labute approximate surface area is 114 Å². The third-order valence-electron chi connectivity index (χ3n) is 3.05. The molecule has 0 bridgehead atoms. The summed E-state index contributed by atoms with van der Waals surface area (Å²) in [6, 6.07) is 2.14. The van der Waals surface area contributed by atoms with Gasteiger partial charge in [0, 0.05) is 12.6 Å². The number of aliphatic hydroxyl groups is 1. The fourth-order valence-corrected chi connectivity index (χ4v) is 1.89. The number of β-amino-alcohol motifs (C(OH)–C–C–N with tert-alkyl or cyclic N) is 1. The van der Waals surface area contributed by atoms with E-state index in [1.807, 2.05) is 0 Å². The van der Waals surface area contributed by atoms with Crippen molar-refractivity contribution < 1.29 is 23.5 Å². The Hall–Kier alpha value is -1.86. The molecule has 1 heterocycles. The zero-order valence-electron chi connectivity index (χ0n) is 10.8. The number of carbonyl (C=O) groups excluding carboxylic acids is 2. The molecule has 1 aromatic carbocycles. The minimum Gasteiger partial charge on any atom is -0.377 e. The van der Waals surface area contributed by atoms with E-state index in [1.165, 1.54) is 4.90 Å². The van der Waals surface area contributed by atoms with Crippen LogP contribution in [-0.2, 0) is 16.0 Å². The fourth-order valence-electron chi connectivity index (χ4n) is 1.89. The Morgan fingerprint density at radius 2 is 1.95 bits per heavy atom. The maximum Gasteiger partial charge on any atom is 0.243 e. The molecule has 2 N–H and O–H groups in total. The first-order valence-electron chi connectivity index (χ1n) is 6.09. The highest BCUT2D eigenvalue weighted by Crippen LogP contribution is 2.18. The quantitative estimate of drug-likeness (QED) is 0.774. The highest BCUT2D eigenvalue weighted by atomic mass is 19.1. The third-order valence-corrected chi connectivity index (χ3v) is 3.05. The number of rotatable bonds is 4. The van der Waals surface area contributed by atoms with Crippen LogP contribution in [0.3, 0.4) is 0 Å². The lowest BCUT2D eigenvalue weighted by atomic mass is 10.1. The number of hydrogen-bond acceptors (Lipinski definition) is 4. The second-order valence-electron chi connectivity index (χ2n) is 4.72. The van der Waals surface area contributed by atoms with Crippen LogP contribution in [-0.4, -0.2) is 40.6 Å². The summed E-state index contributed by atoms with van der Waals surface area (Å²) < 4.78 is 25.9. The van der Waals surface area contributed by atoms with E-state index in [0.717, 1.165) is 12.1 Å². The Balaban J connectivity index is 1.90. The maximum atomic E-state index is 13.0. The summed E-state index contributed by atoms with van der Waals surface area (Å²) in [5, 5.41) is 11.3. The molecular formula is C13H14F2N2O3. The molecule has 1 saturated heterocycles. The number of amides is 2. The predicted molar refractivity (Wildman–Crippen MR) is 65.4 cm³/mol. The van der Waals surface area contributed by atoms with Gasteiger partial charge in [0.15, 0.2) is 0 Å². The normalized spacial score (nSPS) is 22.2. The molecule has 1 aromatic rings. The van der Waals surface area contributed by atoms with E-state index in [2.05, 4.69) is 5.32 Å². The van der Waals surface area contributed by atoms with E-state index in [-0.39, 0.29) is 12.0 Å². The van der Waals surface area contributed by atoms with Crippen molar-refractivity contribution in [3.8, 4) is 0 Å². The number of aliphatic hydroxyl groups excluding tert-OH is 1. The average Bonchev–Trinajstić information content (AvgIpc) is 3.03. The molecule has 2 rings (SSSR count). The summed E-state index contributed by atoms with van der Waals surface area (Å²) in [7, 11) is 0. The minimum atomic E-state index is -0.778. The molecule has 1 aliphatic rings. The zero-order chi connectivity index (χ0) is 14.9. The first kappa shape index (κ1) is 14.5. The van der Waals surface area contributed by atoms with Crippen LogP contribution in [0.15, 0.2) is 18.2 Å². The van der Waals surface area contributed by atoms with Gasteiger partial charge in [-0.25, -0.2) is 8.78 Å². The van der Waals surface area contributed by atoms with Crippen molar-refractivity contribution in [1.82, 2.24) is 10.2 Å². The molecule has 2 amide bonds. The fraction of sp³-hybridized carbons (Fsp3) is 0.385. The lowest BCUT2D eigenvalue weighted by Gasteiger charge is -2.12. The summed E-state index contributed by atoms with van der Waals surface area (Å²) in [6.45, 7) is 1.94. The van der Waals surface area contributed by atoms with Gasteiger partial charge in [-0.15, -0.1) is 0 Å². The number of hydrogen-bond donors (Lipinski definition) is 2. The van der Waals surface area contributed by atoms with Crippen molar-refractivity contribution in [3.05, 3.63) is 35.4 Å². The zero-order valence-corrected chi connectivity index (χ0v) is 10.8. The smallest absolute Gasteiger partial charge is 0.243 e. The molecule has 0 radical (unpaired) electrons. The molecule has 5 nitrogen and oxygen atoms in total. The van der Waals surface area contributed by atoms with E-state index in [1.54, 1.807) is 6.92 Å². The Morgan fingerprint density at radius 3 is 2.45 bits per heavy atom. The lowest BCUT2D eigenvalue weighted by Crippen LogP contribution is -2.42. The van der Waals surface area contributed by atoms with Gasteiger partial charge in [-0.05, 0) is 24.6 Å². The number of benzene rings is 1. The molecule has 7 heteroatoms. The van der Waals surface area contributed by atoms with Crippen LogP contribution < -0.4 is 5.32 Å². The molecule has 3 atom stereocenters. The average molecular weight is 284 g/mol. The maximum absolute atomic E-state index is 13.0. The Morgan fingerprint density at radius 1 is 1.40 bits per heavy atom. The number of carbonyl (C=O) groups is 2. The summed E-state index contributed by atoms with van der Waals surface area (Å²) in [5.74, 6) is -2.76. The third kappa shape index (κ3) is 3.58. The summed E-state index contributed by atoms with van der Waals surface area (Å²) >= 11 is 0. The number of nitrogens with one attached hydrogen (secondary N) is 1. The highest BCUT2D eigenvalue weighted by Gasteiger charge is 2.39. The summed E-state index contributed by atoms with van der Waals surface area (Å²) in [5.41, 5.74) is 0.146. The van der Waals surface area contributed by atoms with Gasteiger partial charge in [0.2, 0.25) is 11.8 Å². The first-order chi connectivity index (χ1) is 9.36. The molecule has 0 aliphatic carbocycles. The van der Waals surface area contributed by atoms with Crippen LogP contribution in [0.1, 0.15) is 12.5 Å². The number of imide groups is 1. The Kier molecular flexibility index (Phi) is 4.10. The molecule has 1 fully saturated rings. The van der Waals surface area contributed by atoms with Crippen molar-refractivity contribution in [3.63, 3.8) is 0 Å². The van der Waals surface area contributed by atoms with E-state index in [9.17, 15) is 18.4 Å². The summed E-state index contributed by atoms with van der Waals surface area (Å²) in [4.78, 5) is 24.8. The van der Waals surface area contributed by atoms with E-state index >= 15 is 0 Å². The van der Waals surface area contributed by atoms with Gasteiger partial charge in [0.25, 0.3) is 0 Å². The van der Waals surface area contributed by atoms with E-state index in [0.29, 0.717) is 12.6 Å². The van der Waals surface area contributed by atoms with Crippen LogP contribution in [0, 0.1) is 11.6 Å². The summed E-state index contributed by atoms with van der Waals surface area (Å²) in [6.07, 6.45) is -0.946. The largest absolute Gasteiger partial charge is 0.377 e. The molecule has 20 heavy (non-hydrogen) atoms. The molecule has 0 aromatic heterocycles. The van der Waals surface area contributed by atoms with Crippen LogP contribution in [0.5, 0.6) is 0 Å². The van der Waals surface area contributed by atoms with E-state index < -0.39 is 35.7 Å². The number of halogens is 2. The van der Waals surface area contributed by atoms with Gasteiger partial charge in [0.05, 0.1) is 12.5 Å². The van der Waals surface area contributed by atoms with Crippen molar-refractivity contribution in [1.29, 1.82) is 0 Å². The van der Waals surface area contributed by atoms with Crippen molar-refractivity contribution >= 4 is 11.8 Å². The number of nitrogens with zero attached hydrogens (tertiary/aromatic N) is 1. The molecule has 108 valence electrons. The second-order valence-corrected chi connectivity index (χ2v) is 4.72. The predicted octanol–water partition coefficient (Wildman–Crippen LogP) is 0.173. The van der Waals surface area contributed by atoms with Gasteiger partial charge < -0.3 is 5.11 Å². The van der Waals surface area contributed by atoms with Crippen LogP contribution >= 0.6 is 0 Å². The monoisotopic (exact) mass is 284 g/mol. The van der Waals surface area contributed by atoms with Crippen LogP contribution in [0.4, 0.5) is 8.78 Å². The lowest BCUT2D eigenvalue weighted by molar-refractivity contribution is -0.132. The molecule has 0 spiro atoms. The highest BCUT2D eigenvalue weighted by molar-refractivity contribution is 5.98. The standard InChI is InChI=1S/C13H14F2N2O3/c1-7(17-6-12(17)19)13(20)16-11(18)4-8-2-9(14)5-10(15)3-8/h2-3,5,7,12,19H,4,6H2,1H3,(H,16,18,20)/t7-,12-,17?/m0/s1. The van der Waals surface area contributed by atoms with Gasteiger partial charge in [0.1, 0.15) is 17.9 Å². The van der Waals surface area contributed by atoms with E-state index in [4.69, 9.17) is 5.11 Å². The Bertz CT molecular complexity index is 530. The molecule has 1 unspecified atom stereocenters. The first-order valence-corrected chi connectivity index (χ1v) is 6.09. The van der Waals surface area contributed by atoms with Crippen molar-refractivity contribution in [2.45, 2.75) is 25.6 Å². The van der Waals surface area contributed by atoms with Gasteiger partial charge in [-0.2, -0.15) is 0 Å². The minimum absolute atomic E-state index is 0.146. The van der Waals surface area contributed by atoms with Crippen molar-refractivity contribution in [2.75, 3.05) is 6.54 Å². The molecule has 1 aliphatic heterocycles. The molecule has 0 saturated carbocycles. The SMILES string of the molecule is C[C@@H](C(=O)NC(=O)Cc1cc(F)cc(F)c1)N1C[C@@H]1O. The second kappa shape index (κ2) is 5.64. The van der Waals surface area contributed by atoms with Gasteiger partial charge in [-0.3, -0.25) is 19.8 Å².